The molecule has 3 heteroatoms. The first-order chi connectivity index (χ1) is 8.17. The summed E-state index contributed by atoms with van der Waals surface area (Å²) in [6, 6.07) is 6.00. The number of benzene rings is 1. The maximum Gasteiger partial charge on any atom is 0.123 e. The Labute approximate surface area is 106 Å². The van der Waals surface area contributed by atoms with Crippen LogP contribution in [-0.2, 0) is 10.8 Å². The lowest BCUT2D eigenvalue weighted by Gasteiger charge is -2.13. The van der Waals surface area contributed by atoms with Gasteiger partial charge in [-0.05, 0) is 36.6 Å². The molecule has 0 radical (unpaired) electrons. The summed E-state index contributed by atoms with van der Waals surface area (Å²) in [5, 5.41) is 0. The van der Waals surface area contributed by atoms with E-state index < -0.39 is 10.8 Å². The van der Waals surface area contributed by atoms with Gasteiger partial charge in [0.2, 0.25) is 0 Å². The van der Waals surface area contributed by atoms with Crippen molar-refractivity contribution in [2.45, 2.75) is 44.4 Å². The highest BCUT2D eigenvalue weighted by atomic mass is 32.2. The van der Waals surface area contributed by atoms with E-state index in [2.05, 4.69) is 13.8 Å². The first kappa shape index (κ1) is 14.4. The Balaban J connectivity index is 2.54. The number of hydrogen-bond acceptors (Lipinski definition) is 1. The van der Waals surface area contributed by atoms with E-state index in [1.54, 1.807) is 12.1 Å². The number of unbranched alkanes of at least 4 members (excludes halogenated alkanes) is 1. The summed E-state index contributed by atoms with van der Waals surface area (Å²) in [5.74, 6) is 0.937. The third-order valence-corrected chi connectivity index (χ3v) is 4.58. The summed E-state index contributed by atoms with van der Waals surface area (Å²) < 4.78 is 24.8. The van der Waals surface area contributed by atoms with Crippen LogP contribution in [0.1, 0.15) is 39.5 Å². The molecule has 0 N–H and O–H groups in total. The molecule has 0 aromatic heterocycles. The van der Waals surface area contributed by atoms with Crippen molar-refractivity contribution >= 4 is 10.8 Å². The zero-order chi connectivity index (χ0) is 12.7. The topological polar surface area (TPSA) is 17.1 Å². The van der Waals surface area contributed by atoms with Crippen LogP contribution in [0.25, 0.3) is 0 Å². The van der Waals surface area contributed by atoms with Gasteiger partial charge in [0.05, 0.1) is 10.8 Å². The molecule has 96 valence electrons. The fourth-order valence-corrected chi connectivity index (χ4v) is 3.26. The van der Waals surface area contributed by atoms with Crippen LogP contribution >= 0.6 is 0 Å². The van der Waals surface area contributed by atoms with Gasteiger partial charge < -0.3 is 0 Å². The van der Waals surface area contributed by atoms with Gasteiger partial charge in [-0.2, -0.15) is 0 Å². The second-order valence-electron chi connectivity index (χ2n) is 4.38. The number of rotatable bonds is 7. The van der Waals surface area contributed by atoms with Gasteiger partial charge in [0.15, 0.2) is 0 Å². The molecule has 0 saturated carbocycles. The van der Waals surface area contributed by atoms with Crippen LogP contribution in [0.4, 0.5) is 4.39 Å². The molecule has 0 amide bonds. The van der Waals surface area contributed by atoms with E-state index in [0.29, 0.717) is 11.7 Å². The average Bonchev–Trinajstić information content (AvgIpc) is 2.35. The highest BCUT2D eigenvalue weighted by Crippen LogP contribution is 2.17. The Morgan fingerprint density at radius 3 is 2.41 bits per heavy atom. The molecule has 0 saturated heterocycles. The Kier molecular flexibility index (Phi) is 6.41. The average molecular weight is 256 g/mol. The van der Waals surface area contributed by atoms with Crippen molar-refractivity contribution in [3.05, 3.63) is 30.1 Å². The van der Waals surface area contributed by atoms with Crippen molar-refractivity contribution in [1.82, 2.24) is 0 Å². The van der Waals surface area contributed by atoms with Crippen LogP contribution in [0.2, 0.25) is 0 Å². The van der Waals surface area contributed by atoms with Crippen molar-refractivity contribution in [2.75, 3.05) is 5.75 Å². The summed E-state index contributed by atoms with van der Waals surface area (Å²) >= 11 is 0. The van der Waals surface area contributed by atoms with E-state index in [1.807, 2.05) is 0 Å². The van der Waals surface area contributed by atoms with Gasteiger partial charge in [-0.15, -0.1) is 0 Å². The highest BCUT2D eigenvalue weighted by Gasteiger charge is 2.12. The van der Waals surface area contributed by atoms with E-state index in [0.717, 1.165) is 17.7 Å². The molecule has 0 spiro atoms. The molecular weight excluding hydrogens is 235 g/mol. The summed E-state index contributed by atoms with van der Waals surface area (Å²) in [6.45, 7) is 4.31. The van der Waals surface area contributed by atoms with Gasteiger partial charge >= 0.3 is 0 Å². The molecule has 0 bridgehead atoms. The van der Waals surface area contributed by atoms with Crippen molar-refractivity contribution < 1.29 is 8.60 Å². The summed E-state index contributed by atoms with van der Waals surface area (Å²) in [5.41, 5.74) is 0. The van der Waals surface area contributed by atoms with E-state index in [1.165, 1.54) is 25.0 Å². The van der Waals surface area contributed by atoms with E-state index in [-0.39, 0.29) is 5.82 Å². The van der Waals surface area contributed by atoms with Crippen molar-refractivity contribution in [2.24, 2.45) is 5.92 Å². The lowest BCUT2D eigenvalue weighted by atomic mass is 10.0. The molecular formula is C14H21FOS. The second-order valence-corrected chi connectivity index (χ2v) is 5.88. The Morgan fingerprint density at radius 2 is 1.88 bits per heavy atom. The van der Waals surface area contributed by atoms with Gasteiger partial charge in [0.1, 0.15) is 5.82 Å². The summed E-state index contributed by atoms with van der Waals surface area (Å²) in [6.07, 6.45) is 4.58. The maximum atomic E-state index is 12.7. The molecule has 0 aliphatic carbocycles. The van der Waals surface area contributed by atoms with Crippen molar-refractivity contribution in [3.8, 4) is 0 Å². The third-order valence-electron chi connectivity index (χ3n) is 3.01. The molecule has 0 aliphatic rings. The lowest BCUT2D eigenvalue weighted by molar-refractivity contribution is 0.494. The van der Waals surface area contributed by atoms with Crippen LogP contribution in [0.15, 0.2) is 29.2 Å². The summed E-state index contributed by atoms with van der Waals surface area (Å²) in [7, 11) is -0.992. The molecule has 2 unspecified atom stereocenters. The largest absolute Gasteiger partial charge is 0.254 e. The van der Waals surface area contributed by atoms with Crippen LogP contribution in [0.3, 0.4) is 0 Å². The van der Waals surface area contributed by atoms with Crippen LogP contribution in [0, 0.1) is 11.7 Å². The third kappa shape index (κ3) is 4.99. The molecule has 0 fully saturated rings. The standard InChI is InChI=1S/C14H21FOS/c1-3-5-6-12(4-2)11-17(16)14-9-7-13(15)8-10-14/h7-10,12H,3-6,11H2,1-2H3. The Morgan fingerprint density at radius 1 is 1.24 bits per heavy atom. The molecule has 2 atom stereocenters. The molecule has 1 rings (SSSR count). The van der Waals surface area contributed by atoms with E-state index >= 15 is 0 Å². The smallest absolute Gasteiger partial charge is 0.123 e. The zero-order valence-electron chi connectivity index (χ0n) is 10.6. The first-order valence-corrected chi connectivity index (χ1v) is 7.63. The predicted molar refractivity (Wildman–Crippen MR) is 71.0 cm³/mol. The fourth-order valence-electron chi connectivity index (χ4n) is 1.79. The maximum absolute atomic E-state index is 12.7. The van der Waals surface area contributed by atoms with Gasteiger partial charge in [-0.3, -0.25) is 4.21 Å². The highest BCUT2D eigenvalue weighted by molar-refractivity contribution is 7.85. The SMILES string of the molecule is CCCCC(CC)CS(=O)c1ccc(F)cc1. The minimum atomic E-state index is -0.992. The molecule has 1 aromatic carbocycles. The minimum absolute atomic E-state index is 0.274. The molecule has 17 heavy (non-hydrogen) atoms. The molecule has 0 aliphatic heterocycles. The van der Waals surface area contributed by atoms with Gasteiger partial charge in [-0.25, -0.2) is 4.39 Å². The first-order valence-electron chi connectivity index (χ1n) is 6.31. The van der Waals surface area contributed by atoms with E-state index in [9.17, 15) is 8.60 Å². The Bertz CT molecular complexity index is 348. The van der Waals surface area contributed by atoms with Crippen molar-refractivity contribution in [1.29, 1.82) is 0 Å². The lowest BCUT2D eigenvalue weighted by Crippen LogP contribution is -2.10. The summed E-state index contributed by atoms with van der Waals surface area (Å²) in [4.78, 5) is 0.737. The normalized spacial score (nSPS) is 14.5. The van der Waals surface area contributed by atoms with Gasteiger partial charge in [-0.1, -0.05) is 33.1 Å². The van der Waals surface area contributed by atoms with Gasteiger partial charge in [0, 0.05) is 10.6 Å². The monoisotopic (exact) mass is 256 g/mol. The second kappa shape index (κ2) is 7.59. The number of halogens is 1. The Hall–Kier alpha value is -0.700. The quantitative estimate of drug-likeness (QED) is 0.716. The van der Waals surface area contributed by atoms with E-state index in [4.69, 9.17) is 0 Å². The molecule has 1 nitrogen and oxygen atoms in total. The zero-order valence-corrected chi connectivity index (χ0v) is 11.4. The fraction of sp³-hybridized carbons (Fsp3) is 0.571. The van der Waals surface area contributed by atoms with Gasteiger partial charge in [0.25, 0.3) is 0 Å². The van der Waals surface area contributed by atoms with Crippen molar-refractivity contribution in [3.63, 3.8) is 0 Å². The molecule has 1 aromatic rings. The van der Waals surface area contributed by atoms with Crippen LogP contribution < -0.4 is 0 Å². The van der Waals surface area contributed by atoms with Crippen LogP contribution in [-0.4, -0.2) is 9.96 Å². The number of hydrogen-bond donors (Lipinski definition) is 0. The van der Waals surface area contributed by atoms with Crippen LogP contribution in [0.5, 0.6) is 0 Å². The molecule has 0 heterocycles. The minimum Gasteiger partial charge on any atom is -0.254 e. The predicted octanol–water partition coefficient (Wildman–Crippen LogP) is 4.15.